The van der Waals surface area contributed by atoms with Crippen molar-refractivity contribution in [2.45, 2.75) is 39.5 Å². The molecule has 0 amide bonds. The molecule has 0 fully saturated rings. The summed E-state index contributed by atoms with van der Waals surface area (Å²) in [5.74, 6) is 0. The molecule has 0 unspecified atom stereocenters. The summed E-state index contributed by atoms with van der Waals surface area (Å²) in [6.07, 6.45) is 7.10. The molecule has 0 aliphatic heterocycles. The second-order valence-electron chi connectivity index (χ2n) is 5.96. The Bertz CT molecular complexity index is 678. The molecule has 3 rings (SSSR count). The maximum Gasteiger partial charge on any atom is 0.0251 e. The monoisotopic (exact) mass is 340 g/mol. The Hall–Kier alpha value is -1.34. The average molecular weight is 341 g/mol. The Labute approximate surface area is 136 Å². The SMILES string of the molecule is CCCCc1ccc(-c2ccc(Br)c3c2CC(C)=C3)cc1. The van der Waals surface area contributed by atoms with Gasteiger partial charge in [-0.05, 0) is 60.1 Å². The van der Waals surface area contributed by atoms with E-state index in [1.807, 2.05) is 0 Å². The van der Waals surface area contributed by atoms with Crippen LogP contribution in [-0.4, -0.2) is 0 Å². The first-order chi connectivity index (χ1) is 10.2. The molecule has 0 N–H and O–H groups in total. The standard InChI is InChI=1S/C20H21Br/c1-3-4-5-15-6-8-16(9-7-15)17-10-11-20(21)19-13-14(2)12-18(17)19/h6-11,13H,3-5,12H2,1-2H3. The van der Waals surface area contributed by atoms with E-state index >= 15 is 0 Å². The number of aryl methyl sites for hydroxylation is 1. The first kappa shape index (κ1) is 14.6. The molecule has 1 heteroatoms. The minimum absolute atomic E-state index is 1.07. The van der Waals surface area contributed by atoms with Gasteiger partial charge in [-0.3, -0.25) is 0 Å². The fourth-order valence-corrected chi connectivity index (χ4v) is 3.55. The number of halogens is 1. The summed E-state index contributed by atoms with van der Waals surface area (Å²) in [7, 11) is 0. The highest BCUT2D eigenvalue weighted by molar-refractivity contribution is 9.10. The van der Waals surface area contributed by atoms with Gasteiger partial charge < -0.3 is 0 Å². The first-order valence-corrected chi connectivity index (χ1v) is 8.56. The number of hydrogen-bond acceptors (Lipinski definition) is 0. The van der Waals surface area contributed by atoms with Crippen molar-refractivity contribution in [2.24, 2.45) is 0 Å². The summed E-state index contributed by atoms with van der Waals surface area (Å²) >= 11 is 3.68. The second kappa shape index (κ2) is 6.19. The molecule has 0 nitrogen and oxygen atoms in total. The van der Waals surface area contributed by atoms with Crippen molar-refractivity contribution in [1.29, 1.82) is 0 Å². The Kier molecular flexibility index (Phi) is 4.30. The van der Waals surface area contributed by atoms with Crippen molar-refractivity contribution in [3.05, 3.63) is 63.1 Å². The van der Waals surface area contributed by atoms with E-state index in [9.17, 15) is 0 Å². The van der Waals surface area contributed by atoms with Crippen LogP contribution in [-0.2, 0) is 12.8 Å². The fraction of sp³-hybridized carbons (Fsp3) is 0.300. The second-order valence-corrected chi connectivity index (χ2v) is 6.81. The molecule has 0 radical (unpaired) electrons. The van der Waals surface area contributed by atoms with Crippen LogP contribution in [0.15, 0.2) is 46.4 Å². The summed E-state index contributed by atoms with van der Waals surface area (Å²) in [5, 5.41) is 0. The number of hydrogen-bond donors (Lipinski definition) is 0. The molecule has 0 spiro atoms. The normalized spacial score (nSPS) is 13.2. The number of benzene rings is 2. The topological polar surface area (TPSA) is 0 Å². The largest absolute Gasteiger partial charge is 0.0682 e. The Morgan fingerprint density at radius 2 is 1.81 bits per heavy atom. The zero-order valence-corrected chi connectivity index (χ0v) is 14.3. The molecule has 0 bridgehead atoms. The fourth-order valence-electron chi connectivity index (χ4n) is 3.06. The van der Waals surface area contributed by atoms with E-state index in [4.69, 9.17) is 0 Å². The van der Waals surface area contributed by atoms with Crippen molar-refractivity contribution < 1.29 is 0 Å². The van der Waals surface area contributed by atoms with Gasteiger partial charge in [0, 0.05) is 4.47 Å². The van der Waals surface area contributed by atoms with Crippen LogP contribution in [0.4, 0.5) is 0 Å². The van der Waals surface area contributed by atoms with Gasteiger partial charge in [-0.15, -0.1) is 0 Å². The van der Waals surface area contributed by atoms with Crippen molar-refractivity contribution >= 4 is 22.0 Å². The van der Waals surface area contributed by atoms with Crippen molar-refractivity contribution in [2.75, 3.05) is 0 Å². The number of allylic oxidation sites excluding steroid dienone is 1. The molecule has 1 aliphatic carbocycles. The van der Waals surface area contributed by atoms with Crippen molar-refractivity contribution in [1.82, 2.24) is 0 Å². The molecule has 21 heavy (non-hydrogen) atoms. The van der Waals surface area contributed by atoms with Gasteiger partial charge in [0.25, 0.3) is 0 Å². The van der Waals surface area contributed by atoms with Gasteiger partial charge in [0.1, 0.15) is 0 Å². The van der Waals surface area contributed by atoms with Crippen LogP contribution in [0.2, 0.25) is 0 Å². The number of unbranched alkanes of at least 4 members (excludes halogenated alkanes) is 1. The third-order valence-corrected chi connectivity index (χ3v) is 4.93. The van der Waals surface area contributed by atoms with E-state index in [1.165, 1.54) is 57.1 Å². The van der Waals surface area contributed by atoms with Crippen LogP contribution in [0.3, 0.4) is 0 Å². The molecule has 0 aromatic heterocycles. The van der Waals surface area contributed by atoms with E-state index in [-0.39, 0.29) is 0 Å². The lowest BCUT2D eigenvalue weighted by Crippen LogP contribution is -1.91. The maximum absolute atomic E-state index is 3.68. The van der Waals surface area contributed by atoms with Gasteiger partial charge in [0.2, 0.25) is 0 Å². The summed E-state index contributed by atoms with van der Waals surface area (Å²) in [6.45, 7) is 4.46. The lowest BCUT2D eigenvalue weighted by molar-refractivity contribution is 0.795. The number of fused-ring (bicyclic) bond motifs is 1. The quantitative estimate of drug-likeness (QED) is 0.602. The molecular weight excluding hydrogens is 320 g/mol. The Morgan fingerprint density at radius 3 is 2.52 bits per heavy atom. The molecule has 2 aromatic rings. The zero-order chi connectivity index (χ0) is 14.8. The maximum atomic E-state index is 3.68. The van der Waals surface area contributed by atoms with Crippen LogP contribution < -0.4 is 0 Å². The Balaban J connectivity index is 1.94. The molecule has 1 aliphatic rings. The summed E-state index contributed by atoms with van der Waals surface area (Å²) in [4.78, 5) is 0. The van der Waals surface area contributed by atoms with Crippen LogP contribution in [0, 0.1) is 0 Å². The molecular formula is C20H21Br. The minimum Gasteiger partial charge on any atom is -0.0682 e. The lowest BCUT2D eigenvalue weighted by Gasteiger charge is -2.11. The highest BCUT2D eigenvalue weighted by Crippen LogP contribution is 2.38. The molecule has 0 saturated heterocycles. The predicted molar refractivity (Wildman–Crippen MR) is 95.5 cm³/mol. The third-order valence-electron chi connectivity index (χ3n) is 4.23. The highest BCUT2D eigenvalue weighted by Gasteiger charge is 2.17. The summed E-state index contributed by atoms with van der Waals surface area (Å²) < 4.78 is 1.21. The van der Waals surface area contributed by atoms with Gasteiger partial charge in [0.05, 0.1) is 0 Å². The van der Waals surface area contributed by atoms with Crippen LogP contribution in [0.1, 0.15) is 43.4 Å². The lowest BCUT2D eigenvalue weighted by atomic mass is 9.95. The van der Waals surface area contributed by atoms with Crippen molar-refractivity contribution in [3.63, 3.8) is 0 Å². The third kappa shape index (κ3) is 2.98. The highest BCUT2D eigenvalue weighted by atomic mass is 79.9. The number of rotatable bonds is 4. The van der Waals surface area contributed by atoms with Crippen LogP contribution in [0.5, 0.6) is 0 Å². The van der Waals surface area contributed by atoms with E-state index < -0.39 is 0 Å². The van der Waals surface area contributed by atoms with Gasteiger partial charge in [-0.1, -0.05) is 71.3 Å². The van der Waals surface area contributed by atoms with E-state index in [0.29, 0.717) is 0 Å². The molecule has 108 valence electrons. The summed E-state index contributed by atoms with van der Waals surface area (Å²) in [6, 6.07) is 13.6. The molecule has 2 aromatic carbocycles. The molecule has 0 heterocycles. The minimum atomic E-state index is 1.07. The van der Waals surface area contributed by atoms with Gasteiger partial charge in [0.15, 0.2) is 0 Å². The van der Waals surface area contributed by atoms with E-state index in [1.54, 1.807) is 0 Å². The summed E-state index contributed by atoms with van der Waals surface area (Å²) in [5.41, 5.74) is 8.43. The van der Waals surface area contributed by atoms with Gasteiger partial charge in [-0.25, -0.2) is 0 Å². The van der Waals surface area contributed by atoms with E-state index in [2.05, 4.69) is 72.3 Å². The average Bonchev–Trinajstić information content (AvgIpc) is 2.89. The van der Waals surface area contributed by atoms with Crippen LogP contribution >= 0.6 is 15.9 Å². The zero-order valence-electron chi connectivity index (χ0n) is 12.7. The molecule has 0 saturated carbocycles. The van der Waals surface area contributed by atoms with Crippen molar-refractivity contribution in [3.8, 4) is 11.1 Å². The van der Waals surface area contributed by atoms with Crippen LogP contribution in [0.25, 0.3) is 17.2 Å². The van der Waals surface area contributed by atoms with Gasteiger partial charge in [-0.2, -0.15) is 0 Å². The first-order valence-electron chi connectivity index (χ1n) is 7.77. The Morgan fingerprint density at radius 1 is 1.05 bits per heavy atom. The predicted octanol–water partition coefficient (Wildman–Crippen LogP) is 6.42. The van der Waals surface area contributed by atoms with Gasteiger partial charge >= 0.3 is 0 Å². The molecule has 0 atom stereocenters. The smallest absolute Gasteiger partial charge is 0.0251 e. The van der Waals surface area contributed by atoms with E-state index in [0.717, 1.165) is 6.42 Å².